The summed E-state index contributed by atoms with van der Waals surface area (Å²) in [5, 5.41) is 20.7. The van der Waals surface area contributed by atoms with Crippen molar-refractivity contribution in [2.24, 2.45) is 0 Å². The Morgan fingerprint density at radius 3 is 2.33 bits per heavy atom. The molecule has 0 aliphatic rings. The molecule has 0 radical (unpaired) electrons. The van der Waals surface area contributed by atoms with Crippen LogP contribution in [0.25, 0.3) is 17.3 Å². The number of nitrogens with zero attached hydrogens (tertiary/aromatic N) is 3. The topological polar surface area (TPSA) is 69.6 Å². The molecule has 134 valence electrons. The van der Waals surface area contributed by atoms with Gasteiger partial charge in [0.2, 0.25) is 0 Å². The third-order valence-electron chi connectivity index (χ3n) is 4.24. The van der Waals surface area contributed by atoms with Crippen molar-refractivity contribution >= 4 is 34.3 Å². The van der Waals surface area contributed by atoms with Gasteiger partial charge in [0.1, 0.15) is 16.8 Å². The number of hydrogen-bond acceptors (Lipinski definition) is 5. The lowest BCUT2D eigenvalue weighted by Gasteiger charge is -2.07. The molecule has 0 unspecified atom stereocenters. The van der Waals surface area contributed by atoms with Crippen LogP contribution in [0.15, 0.2) is 40.5 Å². The standard InChI is InChI=1S/C21H17N3OS2/c1-13(2)15-4-6-17(7-5-15)24-20(25)19(10-18-14(3)8-9-26-18)27-21(24)16(11-22)12-23/h4-10,13H,1-3H3/b19-10+. The van der Waals surface area contributed by atoms with Gasteiger partial charge in [0.25, 0.3) is 5.56 Å². The Morgan fingerprint density at radius 1 is 1.15 bits per heavy atom. The second-order valence-corrected chi connectivity index (χ2v) is 8.35. The smallest absolute Gasteiger partial charge is 0.267 e. The van der Waals surface area contributed by atoms with E-state index in [-0.39, 0.29) is 11.1 Å². The van der Waals surface area contributed by atoms with Gasteiger partial charge in [-0.3, -0.25) is 9.36 Å². The van der Waals surface area contributed by atoms with Gasteiger partial charge in [-0.25, -0.2) is 0 Å². The Kier molecular flexibility index (Phi) is 5.41. The summed E-state index contributed by atoms with van der Waals surface area (Å²) in [4.78, 5) is 14.1. The fraction of sp³-hybridized carbons (Fsp3) is 0.190. The molecule has 0 saturated carbocycles. The summed E-state index contributed by atoms with van der Waals surface area (Å²) in [6.07, 6.45) is 1.84. The Morgan fingerprint density at radius 2 is 1.81 bits per heavy atom. The summed E-state index contributed by atoms with van der Waals surface area (Å²) >= 11 is 2.73. The predicted molar refractivity (Wildman–Crippen MR) is 111 cm³/mol. The van der Waals surface area contributed by atoms with Crippen LogP contribution in [0, 0.1) is 29.6 Å². The first-order valence-electron chi connectivity index (χ1n) is 8.38. The van der Waals surface area contributed by atoms with Crippen LogP contribution in [0.5, 0.6) is 0 Å². The van der Waals surface area contributed by atoms with Gasteiger partial charge in [-0.05, 0) is 53.6 Å². The van der Waals surface area contributed by atoms with Crippen LogP contribution in [0.1, 0.15) is 35.8 Å². The second kappa shape index (κ2) is 7.75. The molecule has 0 aliphatic heterocycles. The van der Waals surface area contributed by atoms with Crippen LogP contribution in [-0.2, 0) is 0 Å². The summed E-state index contributed by atoms with van der Waals surface area (Å²) < 4.78 is 2.33. The zero-order valence-corrected chi connectivity index (χ0v) is 16.8. The first-order chi connectivity index (χ1) is 13.0. The maximum atomic E-state index is 13.1. The SMILES string of the molecule is Cc1ccsc1/C=c1/sc(=C(C#N)C#N)n(-c2ccc(C(C)C)cc2)c1=O. The van der Waals surface area contributed by atoms with Crippen LogP contribution in [0.3, 0.4) is 0 Å². The van der Waals surface area contributed by atoms with E-state index in [4.69, 9.17) is 0 Å². The van der Waals surface area contributed by atoms with Crippen molar-refractivity contribution in [2.45, 2.75) is 26.7 Å². The highest BCUT2D eigenvalue weighted by Crippen LogP contribution is 2.17. The quantitative estimate of drug-likeness (QED) is 0.687. The van der Waals surface area contributed by atoms with Gasteiger partial charge in [0.05, 0.1) is 10.2 Å². The first kappa shape index (κ1) is 18.8. The van der Waals surface area contributed by atoms with Gasteiger partial charge < -0.3 is 0 Å². The average molecular weight is 392 g/mol. The minimum absolute atomic E-state index is 0.0624. The lowest BCUT2D eigenvalue weighted by Crippen LogP contribution is -2.30. The van der Waals surface area contributed by atoms with Crippen molar-refractivity contribution in [3.8, 4) is 17.8 Å². The van der Waals surface area contributed by atoms with Crippen LogP contribution < -0.4 is 14.8 Å². The number of hydrogen-bond donors (Lipinski definition) is 0. The van der Waals surface area contributed by atoms with E-state index in [9.17, 15) is 15.3 Å². The molecule has 2 heterocycles. The maximum absolute atomic E-state index is 13.1. The number of aryl methyl sites for hydroxylation is 1. The zero-order valence-electron chi connectivity index (χ0n) is 15.2. The normalized spacial score (nSPS) is 11.4. The molecule has 2 aromatic heterocycles. The van der Waals surface area contributed by atoms with Crippen molar-refractivity contribution in [1.29, 1.82) is 10.5 Å². The molecule has 0 amide bonds. The fourth-order valence-electron chi connectivity index (χ4n) is 2.66. The Bertz CT molecular complexity index is 1230. The lowest BCUT2D eigenvalue weighted by atomic mass is 10.0. The molecule has 6 heteroatoms. The third-order valence-corrected chi connectivity index (χ3v) is 6.30. The summed E-state index contributed by atoms with van der Waals surface area (Å²) in [6, 6.07) is 13.5. The van der Waals surface area contributed by atoms with Crippen molar-refractivity contribution in [2.75, 3.05) is 0 Å². The second-order valence-electron chi connectivity index (χ2n) is 6.37. The van der Waals surface area contributed by atoms with E-state index in [2.05, 4.69) is 13.8 Å². The molecule has 4 nitrogen and oxygen atoms in total. The zero-order chi connectivity index (χ0) is 19.6. The van der Waals surface area contributed by atoms with E-state index in [0.717, 1.165) is 16.0 Å². The van der Waals surface area contributed by atoms with Crippen molar-refractivity contribution in [1.82, 2.24) is 4.57 Å². The van der Waals surface area contributed by atoms with Gasteiger partial charge in [-0.1, -0.05) is 26.0 Å². The summed E-state index contributed by atoms with van der Waals surface area (Å²) in [5.41, 5.74) is 2.62. The molecule has 3 aromatic rings. The molecule has 0 aliphatic carbocycles. The van der Waals surface area contributed by atoms with Crippen LogP contribution in [0.4, 0.5) is 0 Å². The van der Waals surface area contributed by atoms with Crippen molar-refractivity contribution in [3.63, 3.8) is 0 Å². The average Bonchev–Trinajstić information content (AvgIpc) is 3.20. The highest BCUT2D eigenvalue weighted by molar-refractivity contribution is 7.11. The molecule has 0 saturated heterocycles. The Labute approximate surface area is 165 Å². The molecule has 0 N–H and O–H groups in total. The van der Waals surface area contributed by atoms with Crippen molar-refractivity contribution in [3.05, 3.63) is 71.3 Å². The van der Waals surface area contributed by atoms with Crippen LogP contribution in [0.2, 0.25) is 0 Å². The monoisotopic (exact) mass is 391 g/mol. The number of aromatic nitrogens is 1. The highest BCUT2D eigenvalue weighted by Gasteiger charge is 2.12. The van der Waals surface area contributed by atoms with E-state index < -0.39 is 0 Å². The van der Waals surface area contributed by atoms with Gasteiger partial charge >= 0.3 is 0 Å². The van der Waals surface area contributed by atoms with Gasteiger partial charge in [0, 0.05) is 4.88 Å². The number of thiophene rings is 1. The molecular weight excluding hydrogens is 374 g/mol. The molecular formula is C21H17N3OS2. The molecule has 0 bridgehead atoms. The van der Waals surface area contributed by atoms with Gasteiger partial charge in [-0.15, -0.1) is 22.7 Å². The number of benzene rings is 1. The molecule has 0 spiro atoms. The van der Waals surface area contributed by atoms with E-state index in [0.29, 0.717) is 20.8 Å². The third kappa shape index (κ3) is 3.64. The van der Waals surface area contributed by atoms with E-state index in [1.807, 2.05) is 60.9 Å². The fourth-order valence-corrected chi connectivity index (χ4v) is 4.63. The van der Waals surface area contributed by atoms with Crippen LogP contribution in [-0.4, -0.2) is 4.57 Å². The molecule has 0 atom stereocenters. The highest BCUT2D eigenvalue weighted by atomic mass is 32.1. The summed E-state index contributed by atoms with van der Waals surface area (Å²) in [5.74, 6) is 0.378. The summed E-state index contributed by atoms with van der Waals surface area (Å²) in [6.45, 7) is 6.19. The summed E-state index contributed by atoms with van der Waals surface area (Å²) in [7, 11) is 0. The van der Waals surface area contributed by atoms with E-state index in [1.54, 1.807) is 11.3 Å². The Hall–Kier alpha value is -2.93. The van der Waals surface area contributed by atoms with Gasteiger partial charge in [-0.2, -0.15) is 10.5 Å². The van der Waals surface area contributed by atoms with Crippen LogP contribution >= 0.6 is 22.7 Å². The van der Waals surface area contributed by atoms with E-state index in [1.165, 1.54) is 15.9 Å². The van der Waals surface area contributed by atoms with E-state index >= 15 is 0 Å². The number of rotatable bonds is 3. The molecule has 0 fully saturated rings. The van der Waals surface area contributed by atoms with Crippen molar-refractivity contribution < 1.29 is 0 Å². The van der Waals surface area contributed by atoms with Gasteiger partial charge in [0.15, 0.2) is 5.57 Å². The first-order valence-corrected chi connectivity index (χ1v) is 10.1. The predicted octanol–water partition coefficient (Wildman–Crippen LogP) is 3.42. The molecule has 1 aromatic carbocycles. The maximum Gasteiger partial charge on any atom is 0.273 e. The lowest BCUT2D eigenvalue weighted by molar-refractivity contribution is 0.864. The largest absolute Gasteiger partial charge is 0.273 e. The minimum Gasteiger partial charge on any atom is -0.267 e. The number of thiazole rings is 1. The number of nitriles is 2. The molecule has 27 heavy (non-hydrogen) atoms. The Balaban J connectivity index is 2.34. The molecule has 3 rings (SSSR count). The minimum atomic E-state index is -0.219.